The lowest BCUT2D eigenvalue weighted by Crippen LogP contribution is -2.12. The van der Waals surface area contributed by atoms with E-state index in [-0.39, 0.29) is 0 Å². The van der Waals surface area contributed by atoms with Crippen molar-refractivity contribution >= 4 is 0 Å². The van der Waals surface area contributed by atoms with E-state index in [1.54, 1.807) is 0 Å². The van der Waals surface area contributed by atoms with Crippen LogP contribution in [0, 0.1) is 11.3 Å². The van der Waals surface area contributed by atoms with Crippen molar-refractivity contribution in [2.75, 3.05) is 6.54 Å². The fourth-order valence-corrected chi connectivity index (χ4v) is 0.529. The van der Waals surface area contributed by atoms with Gasteiger partial charge in [-0.1, -0.05) is 6.92 Å². The predicted molar refractivity (Wildman–Crippen MR) is 42.3 cm³/mol. The van der Waals surface area contributed by atoms with Crippen LogP contribution in [-0.4, -0.2) is 6.54 Å². The molecule has 0 aliphatic heterocycles. The van der Waals surface area contributed by atoms with Gasteiger partial charge in [-0.25, -0.2) is 0 Å². The molecule has 10 heavy (non-hydrogen) atoms. The lowest BCUT2D eigenvalue weighted by Gasteiger charge is -2.03. The Kier molecular flexibility index (Phi) is 4.39. The highest BCUT2D eigenvalue weighted by Gasteiger charge is 1.91. The number of nitrogens with one attached hydrogen (secondary N) is 1. The maximum Gasteiger partial charge on any atom is 0.0962 e. The lowest BCUT2D eigenvalue weighted by atomic mass is 10.2. The molecule has 0 spiro atoms. The van der Waals surface area contributed by atoms with Gasteiger partial charge in [0.15, 0.2) is 0 Å². The predicted octanol–water partition coefficient (Wildman–Crippen LogP) is 1.80. The molecule has 56 valence electrons. The molecule has 0 bridgehead atoms. The second-order valence-electron chi connectivity index (χ2n) is 2.29. The molecule has 0 saturated carbocycles. The minimum absolute atomic E-state index is 0.772. The van der Waals surface area contributed by atoms with Crippen molar-refractivity contribution in [3.8, 4) is 6.07 Å². The first-order valence-corrected chi connectivity index (χ1v) is 3.53. The van der Waals surface area contributed by atoms with Gasteiger partial charge in [-0.3, -0.25) is 0 Å². The van der Waals surface area contributed by atoms with Gasteiger partial charge in [-0.2, -0.15) is 5.26 Å². The molecule has 0 rings (SSSR count). The summed E-state index contributed by atoms with van der Waals surface area (Å²) in [6.07, 6.45) is 1.09. The number of hydrogen-bond acceptors (Lipinski definition) is 2. The summed E-state index contributed by atoms with van der Waals surface area (Å²) in [6, 6.07) is 2.09. The molecule has 0 fully saturated rings. The minimum atomic E-state index is 0.772. The molecule has 0 aliphatic rings. The summed E-state index contributed by atoms with van der Waals surface area (Å²) in [7, 11) is 0. The van der Waals surface area contributed by atoms with E-state index >= 15 is 0 Å². The summed E-state index contributed by atoms with van der Waals surface area (Å²) >= 11 is 0. The van der Waals surface area contributed by atoms with E-state index in [4.69, 9.17) is 5.26 Å². The highest BCUT2D eigenvalue weighted by atomic mass is 14.9. The topological polar surface area (TPSA) is 35.8 Å². The highest BCUT2D eigenvalue weighted by molar-refractivity contribution is 5.22. The van der Waals surface area contributed by atoms with E-state index < -0.39 is 0 Å². The van der Waals surface area contributed by atoms with Crippen LogP contribution in [0.2, 0.25) is 0 Å². The van der Waals surface area contributed by atoms with Crippen LogP contribution >= 0.6 is 0 Å². The van der Waals surface area contributed by atoms with Crippen molar-refractivity contribution in [2.45, 2.75) is 27.2 Å². The van der Waals surface area contributed by atoms with E-state index in [0.29, 0.717) is 0 Å². The Balaban J connectivity index is 3.83. The van der Waals surface area contributed by atoms with Gasteiger partial charge in [0.1, 0.15) is 0 Å². The number of nitriles is 1. The third-order valence-electron chi connectivity index (χ3n) is 1.37. The molecular formula is C8H14N2. The number of hydrogen-bond donors (Lipinski definition) is 1. The van der Waals surface area contributed by atoms with Crippen LogP contribution in [0.4, 0.5) is 0 Å². The highest BCUT2D eigenvalue weighted by Crippen LogP contribution is 1.96. The van der Waals surface area contributed by atoms with Gasteiger partial charge >= 0.3 is 0 Å². The van der Waals surface area contributed by atoms with E-state index in [1.807, 2.05) is 13.8 Å². The van der Waals surface area contributed by atoms with Crippen LogP contribution in [0.3, 0.4) is 0 Å². The van der Waals surface area contributed by atoms with Crippen LogP contribution in [0.1, 0.15) is 27.2 Å². The monoisotopic (exact) mass is 138 g/mol. The zero-order valence-electron chi connectivity index (χ0n) is 6.86. The lowest BCUT2D eigenvalue weighted by molar-refractivity contribution is 0.764. The van der Waals surface area contributed by atoms with Crippen LogP contribution in [0.15, 0.2) is 11.3 Å². The minimum Gasteiger partial charge on any atom is -0.388 e. The van der Waals surface area contributed by atoms with Crippen molar-refractivity contribution in [3.05, 3.63) is 11.3 Å². The SMILES string of the molecule is CCCN/C(C)=C(/C)C#N. The van der Waals surface area contributed by atoms with Gasteiger partial charge in [0.25, 0.3) is 0 Å². The van der Waals surface area contributed by atoms with Gasteiger partial charge in [0, 0.05) is 17.8 Å². The van der Waals surface area contributed by atoms with Crippen LogP contribution < -0.4 is 5.32 Å². The first kappa shape index (κ1) is 9.03. The molecule has 2 heteroatoms. The summed E-state index contributed by atoms with van der Waals surface area (Å²) in [5.74, 6) is 0. The quantitative estimate of drug-likeness (QED) is 0.604. The molecule has 0 radical (unpaired) electrons. The van der Waals surface area contributed by atoms with Crippen molar-refractivity contribution in [2.24, 2.45) is 0 Å². The molecule has 0 aromatic heterocycles. The fourth-order valence-electron chi connectivity index (χ4n) is 0.529. The summed E-state index contributed by atoms with van der Waals surface area (Å²) in [6.45, 7) is 6.79. The zero-order chi connectivity index (χ0) is 7.98. The normalized spacial score (nSPS) is 11.8. The molecule has 0 saturated heterocycles. The smallest absolute Gasteiger partial charge is 0.0962 e. The summed E-state index contributed by atoms with van der Waals surface area (Å²) in [5, 5.41) is 11.6. The average molecular weight is 138 g/mol. The maximum absolute atomic E-state index is 8.46. The Labute approximate surface area is 62.5 Å². The van der Waals surface area contributed by atoms with Gasteiger partial charge in [-0.15, -0.1) is 0 Å². The third-order valence-corrected chi connectivity index (χ3v) is 1.37. The van der Waals surface area contributed by atoms with E-state index in [0.717, 1.165) is 24.2 Å². The molecule has 2 nitrogen and oxygen atoms in total. The van der Waals surface area contributed by atoms with Gasteiger partial charge in [0.05, 0.1) is 6.07 Å². The molecule has 0 amide bonds. The first-order valence-electron chi connectivity index (χ1n) is 3.53. The van der Waals surface area contributed by atoms with E-state index in [1.165, 1.54) is 0 Å². The molecule has 0 aromatic rings. The molecule has 0 unspecified atom stereocenters. The zero-order valence-corrected chi connectivity index (χ0v) is 6.86. The maximum atomic E-state index is 8.46. The van der Waals surface area contributed by atoms with E-state index in [9.17, 15) is 0 Å². The van der Waals surface area contributed by atoms with Crippen molar-refractivity contribution in [1.29, 1.82) is 5.26 Å². The van der Waals surface area contributed by atoms with Crippen LogP contribution in [0.5, 0.6) is 0 Å². The summed E-state index contributed by atoms with van der Waals surface area (Å²) in [5.41, 5.74) is 1.76. The molecule has 0 atom stereocenters. The van der Waals surface area contributed by atoms with Gasteiger partial charge in [-0.05, 0) is 20.3 Å². The number of rotatable bonds is 3. The molecule has 0 heterocycles. The summed E-state index contributed by atoms with van der Waals surface area (Å²) < 4.78 is 0. The van der Waals surface area contributed by atoms with Crippen LogP contribution in [0.25, 0.3) is 0 Å². The van der Waals surface area contributed by atoms with Gasteiger partial charge in [0.2, 0.25) is 0 Å². The molecule has 0 aliphatic carbocycles. The molecule has 0 aromatic carbocycles. The Morgan fingerprint density at radius 3 is 2.50 bits per heavy atom. The van der Waals surface area contributed by atoms with E-state index in [2.05, 4.69) is 18.3 Å². The molecule has 1 N–H and O–H groups in total. The number of nitrogens with zero attached hydrogens (tertiary/aromatic N) is 1. The summed E-state index contributed by atoms with van der Waals surface area (Å²) in [4.78, 5) is 0. The second-order valence-corrected chi connectivity index (χ2v) is 2.29. The Bertz CT molecular complexity index is 163. The third kappa shape index (κ3) is 3.13. The Morgan fingerprint density at radius 2 is 2.10 bits per heavy atom. The van der Waals surface area contributed by atoms with Crippen molar-refractivity contribution in [1.82, 2.24) is 5.32 Å². The van der Waals surface area contributed by atoms with Gasteiger partial charge < -0.3 is 5.32 Å². The standard InChI is InChI=1S/C8H14N2/c1-4-5-10-8(3)7(2)6-9/h10H,4-5H2,1-3H3/b8-7-. The second kappa shape index (κ2) is 4.87. The molecular weight excluding hydrogens is 124 g/mol. The average Bonchev–Trinajstić information content (AvgIpc) is 1.98. The largest absolute Gasteiger partial charge is 0.388 e. The van der Waals surface area contributed by atoms with Crippen LogP contribution in [-0.2, 0) is 0 Å². The van der Waals surface area contributed by atoms with Crippen molar-refractivity contribution in [3.63, 3.8) is 0 Å². The Morgan fingerprint density at radius 1 is 1.50 bits per heavy atom. The van der Waals surface area contributed by atoms with Crippen molar-refractivity contribution < 1.29 is 0 Å². The fraction of sp³-hybridized carbons (Fsp3) is 0.625. The first-order chi connectivity index (χ1) is 4.72. The number of allylic oxidation sites excluding steroid dienone is 2. The Hall–Kier alpha value is -0.970.